The second-order valence-electron chi connectivity index (χ2n) is 5.23. The van der Waals surface area contributed by atoms with Gasteiger partial charge in [-0.15, -0.1) is 0 Å². The third-order valence-corrected chi connectivity index (χ3v) is 5.17. The Morgan fingerprint density at radius 1 is 1.24 bits per heavy atom. The average Bonchev–Trinajstić information content (AvgIpc) is 2.51. The van der Waals surface area contributed by atoms with Crippen LogP contribution >= 0.6 is 23.4 Å². The molecule has 1 aliphatic rings. The summed E-state index contributed by atoms with van der Waals surface area (Å²) in [6.07, 6.45) is 3.40. The summed E-state index contributed by atoms with van der Waals surface area (Å²) in [5.74, 6) is 1.16. The molecule has 0 radical (unpaired) electrons. The van der Waals surface area contributed by atoms with Crippen molar-refractivity contribution < 1.29 is 0 Å². The molecule has 2 heterocycles. The van der Waals surface area contributed by atoms with Gasteiger partial charge in [0.2, 0.25) is 0 Å². The monoisotopic (exact) mass is 319 g/mol. The van der Waals surface area contributed by atoms with Crippen LogP contribution in [-0.4, -0.2) is 32.4 Å². The van der Waals surface area contributed by atoms with Crippen LogP contribution in [0.1, 0.15) is 24.2 Å². The fraction of sp³-hybridized carbons (Fsp3) is 0.375. The fourth-order valence-electron chi connectivity index (χ4n) is 2.82. The molecule has 0 saturated carbocycles. The first-order valence-electron chi connectivity index (χ1n) is 7.11. The Labute approximate surface area is 134 Å². The maximum atomic E-state index is 5.81. The molecule has 0 spiro atoms. The van der Waals surface area contributed by atoms with E-state index in [1.807, 2.05) is 11.8 Å². The van der Waals surface area contributed by atoms with Crippen molar-refractivity contribution in [2.75, 3.05) is 12.3 Å². The van der Waals surface area contributed by atoms with Crippen LogP contribution in [0.3, 0.4) is 0 Å². The Kier molecular flexibility index (Phi) is 4.78. The van der Waals surface area contributed by atoms with E-state index in [1.54, 1.807) is 12.4 Å². The van der Waals surface area contributed by atoms with Crippen molar-refractivity contribution in [3.63, 3.8) is 0 Å². The summed E-state index contributed by atoms with van der Waals surface area (Å²) in [5.41, 5.74) is 2.35. The summed E-state index contributed by atoms with van der Waals surface area (Å²) in [4.78, 5) is 11.0. The predicted molar refractivity (Wildman–Crippen MR) is 88.6 cm³/mol. The quantitative estimate of drug-likeness (QED) is 0.860. The third-order valence-electron chi connectivity index (χ3n) is 3.78. The van der Waals surface area contributed by atoms with E-state index in [0.29, 0.717) is 16.4 Å². The van der Waals surface area contributed by atoms with Gasteiger partial charge >= 0.3 is 0 Å². The molecule has 2 aromatic rings. The van der Waals surface area contributed by atoms with Gasteiger partial charge in [0, 0.05) is 30.1 Å². The van der Waals surface area contributed by atoms with Crippen molar-refractivity contribution in [1.29, 1.82) is 0 Å². The molecule has 3 rings (SSSR count). The van der Waals surface area contributed by atoms with Crippen LogP contribution in [0.25, 0.3) is 0 Å². The van der Waals surface area contributed by atoms with Gasteiger partial charge in [-0.05, 0) is 5.56 Å². The molecule has 21 heavy (non-hydrogen) atoms. The number of benzene rings is 1. The first-order valence-corrected chi connectivity index (χ1v) is 8.54. The van der Waals surface area contributed by atoms with Gasteiger partial charge in [-0.25, -0.2) is 4.98 Å². The molecule has 1 aromatic carbocycles. The molecule has 0 N–H and O–H groups in total. The topological polar surface area (TPSA) is 29.0 Å². The summed E-state index contributed by atoms with van der Waals surface area (Å²) >= 11 is 7.85. The molecular weight excluding hydrogens is 302 g/mol. The van der Waals surface area contributed by atoms with E-state index in [4.69, 9.17) is 11.6 Å². The highest BCUT2D eigenvalue weighted by molar-refractivity contribution is 8.00. The molecule has 1 saturated heterocycles. The van der Waals surface area contributed by atoms with Gasteiger partial charge in [-0.1, -0.05) is 48.9 Å². The Morgan fingerprint density at radius 3 is 2.76 bits per heavy atom. The third kappa shape index (κ3) is 3.57. The fourth-order valence-corrected chi connectivity index (χ4v) is 4.14. The highest BCUT2D eigenvalue weighted by Crippen LogP contribution is 2.36. The van der Waals surface area contributed by atoms with Gasteiger partial charge in [-0.3, -0.25) is 9.88 Å². The summed E-state index contributed by atoms with van der Waals surface area (Å²) in [6.45, 7) is 4.19. The second-order valence-corrected chi connectivity index (χ2v) is 7.10. The Hall–Kier alpha value is -1.10. The second kappa shape index (κ2) is 6.77. The van der Waals surface area contributed by atoms with Gasteiger partial charge in [0.15, 0.2) is 0 Å². The van der Waals surface area contributed by atoms with E-state index in [9.17, 15) is 0 Å². The number of hydrogen-bond acceptors (Lipinski definition) is 4. The zero-order valence-corrected chi connectivity index (χ0v) is 13.5. The number of rotatable bonds is 3. The zero-order chi connectivity index (χ0) is 14.7. The van der Waals surface area contributed by atoms with Gasteiger partial charge in [0.25, 0.3) is 0 Å². The van der Waals surface area contributed by atoms with E-state index in [2.05, 4.69) is 52.1 Å². The molecule has 0 unspecified atom stereocenters. The summed E-state index contributed by atoms with van der Waals surface area (Å²) in [7, 11) is 0. The van der Waals surface area contributed by atoms with Gasteiger partial charge in [0.05, 0.1) is 18.1 Å². The highest BCUT2D eigenvalue weighted by atomic mass is 35.5. The lowest BCUT2D eigenvalue weighted by Crippen LogP contribution is -2.39. The number of hydrogen-bond donors (Lipinski definition) is 0. The first-order chi connectivity index (χ1) is 10.2. The zero-order valence-electron chi connectivity index (χ0n) is 11.9. The summed E-state index contributed by atoms with van der Waals surface area (Å²) < 4.78 is 0. The largest absolute Gasteiger partial charge is 0.289 e. The lowest BCUT2D eigenvalue weighted by molar-refractivity contribution is 0.189. The Bertz CT molecular complexity index is 576. The molecular formula is C16H18ClN3S. The minimum absolute atomic E-state index is 0.419. The maximum absolute atomic E-state index is 5.81. The van der Waals surface area contributed by atoms with E-state index in [-0.39, 0.29) is 0 Å². The normalized spacial score (nSPS) is 23.1. The minimum Gasteiger partial charge on any atom is -0.289 e. The van der Waals surface area contributed by atoms with Gasteiger partial charge in [-0.2, -0.15) is 11.8 Å². The molecule has 1 aliphatic heterocycles. The molecule has 3 nitrogen and oxygen atoms in total. The molecule has 110 valence electrons. The van der Waals surface area contributed by atoms with E-state index < -0.39 is 0 Å². The van der Waals surface area contributed by atoms with Crippen LogP contribution in [0.4, 0.5) is 0 Å². The van der Waals surface area contributed by atoms with Crippen LogP contribution in [0.5, 0.6) is 0 Å². The van der Waals surface area contributed by atoms with Crippen LogP contribution in [0.2, 0.25) is 5.15 Å². The average molecular weight is 320 g/mol. The summed E-state index contributed by atoms with van der Waals surface area (Å²) in [5, 5.41) is 1.02. The first kappa shape index (κ1) is 14.8. The molecule has 0 amide bonds. The maximum Gasteiger partial charge on any atom is 0.147 e. The molecule has 0 aliphatic carbocycles. The Balaban J connectivity index is 1.82. The number of thioether (sulfide) groups is 1. The summed E-state index contributed by atoms with van der Waals surface area (Å²) in [6, 6.07) is 11.1. The van der Waals surface area contributed by atoms with Crippen molar-refractivity contribution in [1.82, 2.24) is 14.9 Å². The van der Waals surface area contributed by atoms with E-state index >= 15 is 0 Å². The SMILES string of the molecule is C[C@@H]1SCCN(Cc2cnc(Cl)cn2)[C@@H]1c1ccccc1. The highest BCUT2D eigenvalue weighted by Gasteiger charge is 2.30. The van der Waals surface area contributed by atoms with Gasteiger partial charge < -0.3 is 0 Å². The number of nitrogens with zero attached hydrogens (tertiary/aromatic N) is 3. The number of aromatic nitrogens is 2. The predicted octanol–water partition coefficient (Wildman–Crippen LogP) is 3.81. The van der Waals surface area contributed by atoms with Crippen molar-refractivity contribution in [3.05, 3.63) is 59.1 Å². The van der Waals surface area contributed by atoms with Crippen LogP contribution in [0, 0.1) is 0 Å². The molecule has 0 bridgehead atoms. The lowest BCUT2D eigenvalue weighted by atomic mass is 10.0. The standard InChI is InChI=1S/C16H18ClN3S/c1-12-16(13-5-3-2-4-6-13)20(7-8-21-12)11-14-9-19-15(17)10-18-14/h2-6,9-10,12,16H,7-8,11H2,1H3/t12-,16-/m0/s1. The minimum atomic E-state index is 0.419. The van der Waals surface area contributed by atoms with Crippen molar-refractivity contribution in [2.24, 2.45) is 0 Å². The van der Waals surface area contributed by atoms with E-state index in [0.717, 1.165) is 24.5 Å². The van der Waals surface area contributed by atoms with Crippen molar-refractivity contribution >= 4 is 23.4 Å². The smallest absolute Gasteiger partial charge is 0.147 e. The van der Waals surface area contributed by atoms with Crippen molar-refractivity contribution in [2.45, 2.75) is 24.8 Å². The van der Waals surface area contributed by atoms with Crippen LogP contribution in [-0.2, 0) is 6.54 Å². The van der Waals surface area contributed by atoms with Crippen molar-refractivity contribution in [3.8, 4) is 0 Å². The Morgan fingerprint density at radius 2 is 2.05 bits per heavy atom. The number of halogens is 1. The van der Waals surface area contributed by atoms with Gasteiger partial charge in [0.1, 0.15) is 5.15 Å². The molecule has 5 heteroatoms. The molecule has 1 aromatic heterocycles. The lowest BCUT2D eigenvalue weighted by Gasteiger charge is -2.39. The van der Waals surface area contributed by atoms with E-state index in [1.165, 1.54) is 5.56 Å². The molecule has 2 atom stereocenters. The van der Waals surface area contributed by atoms with Crippen LogP contribution in [0.15, 0.2) is 42.7 Å². The molecule has 1 fully saturated rings. The van der Waals surface area contributed by atoms with Crippen LogP contribution < -0.4 is 0 Å².